The van der Waals surface area contributed by atoms with Gasteiger partial charge in [-0.2, -0.15) is 0 Å². The number of aromatic nitrogens is 2. The molecular weight excluding hydrogens is 408 g/mol. The van der Waals surface area contributed by atoms with Crippen molar-refractivity contribution in [2.45, 2.75) is 26.1 Å². The van der Waals surface area contributed by atoms with Crippen molar-refractivity contribution in [2.24, 2.45) is 0 Å². The van der Waals surface area contributed by atoms with Crippen molar-refractivity contribution >= 4 is 40.4 Å². The van der Waals surface area contributed by atoms with E-state index >= 15 is 0 Å². The number of hydrogen-bond donors (Lipinski definition) is 1. The number of anilines is 2. The predicted molar refractivity (Wildman–Crippen MR) is 117 cm³/mol. The Hall–Kier alpha value is -2.48. The standard InChI is InChI=1S/C21H21ClN4O2S/c1-13-10-26(11-14(2)28-13)19-7-6-17(9-23-19)24-20(27)18-12-29-21(25-18)15-4-3-5-16(22)8-15/h3-9,12-14H,10-11H2,1-2H3,(H,24,27). The van der Waals surface area contributed by atoms with Gasteiger partial charge in [0.05, 0.1) is 24.1 Å². The number of benzene rings is 1. The number of thiazole rings is 1. The first-order valence-electron chi connectivity index (χ1n) is 9.37. The Labute approximate surface area is 178 Å². The number of halogens is 1. The highest BCUT2D eigenvalue weighted by atomic mass is 35.5. The normalized spacial score (nSPS) is 19.2. The van der Waals surface area contributed by atoms with Crippen molar-refractivity contribution in [3.8, 4) is 10.6 Å². The molecule has 2 atom stereocenters. The zero-order chi connectivity index (χ0) is 20.4. The minimum atomic E-state index is -0.266. The van der Waals surface area contributed by atoms with Crippen molar-refractivity contribution < 1.29 is 9.53 Å². The van der Waals surface area contributed by atoms with E-state index in [1.54, 1.807) is 17.6 Å². The van der Waals surface area contributed by atoms with Crippen molar-refractivity contribution in [2.75, 3.05) is 23.3 Å². The fourth-order valence-corrected chi connectivity index (χ4v) is 4.33. The van der Waals surface area contributed by atoms with Crippen LogP contribution in [0.25, 0.3) is 10.6 Å². The minimum Gasteiger partial charge on any atom is -0.372 e. The summed E-state index contributed by atoms with van der Waals surface area (Å²) in [5.74, 6) is 0.611. The number of hydrogen-bond acceptors (Lipinski definition) is 6. The maximum Gasteiger partial charge on any atom is 0.275 e. The Morgan fingerprint density at radius 1 is 1.24 bits per heavy atom. The average molecular weight is 429 g/mol. The van der Waals surface area contributed by atoms with E-state index in [9.17, 15) is 4.79 Å². The Kier molecular flexibility index (Phi) is 5.80. The number of nitrogens with one attached hydrogen (secondary N) is 1. The van der Waals surface area contributed by atoms with Gasteiger partial charge in [0.1, 0.15) is 16.5 Å². The molecule has 1 aromatic carbocycles. The van der Waals surface area contributed by atoms with Gasteiger partial charge in [-0.15, -0.1) is 11.3 Å². The van der Waals surface area contributed by atoms with Crippen molar-refractivity contribution in [1.29, 1.82) is 0 Å². The summed E-state index contributed by atoms with van der Waals surface area (Å²) in [5.41, 5.74) is 1.89. The molecule has 2 aromatic heterocycles. The Morgan fingerprint density at radius 3 is 2.72 bits per heavy atom. The van der Waals surface area contributed by atoms with Gasteiger partial charge in [-0.1, -0.05) is 23.7 Å². The van der Waals surface area contributed by atoms with E-state index in [1.807, 2.05) is 30.3 Å². The molecule has 1 aliphatic rings. The summed E-state index contributed by atoms with van der Waals surface area (Å²) in [6.07, 6.45) is 2.00. The van der Waals surface area contributed by atoms with Crippen LogP contribution in [0.1, 0.15) is 24.3 Å². The van der Waals surface area contributed by atoms with Gasteiger partial charge in [0.25, 0.3) is 5.91 Å². The first-order chi connectivity index (χ1) is 14.0. The van der Waals surface area contributed by atoms with E-state index < -0.39 is 0 Å². The summed E-state index contributed by atoms with van der Waals surface area (Å²) < 4.78 is 5.76. The molecule has 0 saturated carbocycles. The molecule has 0 spiro atoms. The number of morpholine rings is 1. The molecule has 4 rings (SSSR count). The summed E-state index contributed by atoms with van der Waals surface area (Å²) in [5, 5.41) is 5.98. The van der Waals surface area contributed by atoms with Crippen LogP contribution in [0.4, 0.5) is 11.5 Å². The molecule has 0 radical (unpaired) electrons. The number of amides is 1. The van der Waals surface area contributed by atoms with Crippen LogP contribution in [0.3, 0.4) is 0 Å². The molecule has 0 bridgehead atoms. The highest BCUT2D eigenvalue weighted by Gasteiger charge is 2.23. The number of carbonyl (C=O) groups is 1. The number of nitrogens with zero attached hydrogens (tertiary/aromatic N) is 3. The summed E-state index contributed by atoms with van der Waals surface area (Å²) >= 11 is 7.44. The van der Waals surface area contributed by atoms with E-state index in [4.69, 9.17) is 16.3 Å². The monoisotopic (exact) mass is 428 g/mol. The fourth-order valence-electron chi connectivity index (χ4n) is 3.34. The third kappa shape index (κ3) is 4.75. The molecule has 1 N–H and O–H groups in total. The summed E-state index contributed by atoms with van der Waals surface area (Å²) in [4.78, 5) is 23.7. The zero-order valence-corrected chi connectivity index (χ0v) is 17.7. The molecule has 3 aromatic rings. The first kappa shape index (κ1) is 19.8. The van der Waals surface area contributed by atoms with Crippen molar-refractivity contribution in [3.05, 3.63) is 58.7 Å². The van der Waals surface area contributed by atoms with Crippen molar-refractivity contribution in [1.82, 2.24) is 9.97 Å². The second-order valence-corrected chi connectivity index (χ2v) is 8.36. The molecule has 0 aliphatic carbocycles. The van der Waals surface area contributed by atoms with E-state index in [1.165, 1.54) is 11.3 Å². The molecule has 29 heavy (non-hydrogen) atoms. The van der Waals surface area contributed by atoms with Crippen LogP contribution in [0.5, 0.6) is 0 Å². The second-order valence-electron chi connectivity index (χ2n) is 7.07. The summed E-state index contributed by atoms with van der Waals surface area (Å²) in [6.45, 7) is 5.72. The lowest BCUT2D eigenvalue weighted by atomic mass is 10.2. The fraction of sp³-hybridized carbons (Fsp3) is 0.286. The molecule has 8 heteroatoms. The lowest BCUT2D eigenvalue weighted by molar-refractivity contribution is -0.00545. The van der Waals surface area contributed by atoms with Gasteiger partial charge in [-0.05, 0) is 38.1 Å². The van der Waals surface area contributed by atoms with Crippen LogP contribution in [0.15, 0.2) is 48.0 Å². The third-order valence-electron chi connectivity index (χ3n) is 4.56. The van der Waals surface area contributed by atoms with Crippen molar-refractivity contribution in [3.63, 3.8) is 0 Å². The zero-order valence-electron chi connectivity index (χ0n) is 16.1. The minimum absolute atomic E-state index is 0.165. The van der Waals surface area contributed by atoms with Gasteiger partial charge in [-0.25, -0.2) is 9.97 Å². The van der Waals surface area contributed by atoms with Crippen LogP contribution in [0, 0.1) is 0 Å². The lowest BCUT2D eigenvalue weighted by Gasteiger charge is -2.36. The molecule has 2 unspecified atom stereocenters. The van der Waals surface area contributed by atoms with Crippen LogP contribution in [-0.2, 0) is 4.74 Å². The second kappa shape index (κ2) is 8.49. The molecule has 3 heterocycles. The average Bonchev–Trinajstić information content (AvgIpc) is 3.18. The highest BCUT2D eigenvalue weighted by Crippen LogP contribution is 2.26. The first-order valence-corrected chi connectivity index (χ1v) is 10.6. The topological polar surface area (TPSA) is 67.4 Å². The summed E-state index contributed by atoms with van der Waals surface area (Å²) in [6, 6.07) is 11.2. The SMILES string of the molecule is CC1CN(c2ccc(NC(=O)c3csc(-c4cccc(Cl)c4)n3)cn2)CC(C)O1. The quantitative estimate of drug-likeness (QED) is 0.651. The smallest absolute Gasteiger partial charge is 0.275 e. The molecule has 6 nitrogen and oxygen atoms in total. The Bertz CT molecular complexity index is 998. The van der Waals surface area contributed by atoms with E-state index in [0.29, 0.717) is 16.4 Å². The molecular formula is C21H21ClN4O2S. The third-order valence-corrected chi connectivity index (χ3v) is 5.68. The maximum absolute atomic E-state index is 12.6. The van der Waals surface area contributed by atoms with Crippen LogP contribution < -0.4 is 10.2 Å². The largest absolute Gasteiger partial charge is 0.372 e. The number of rotatable bonds is 4. The van der Waals surface area contributed by atoms with Crippen LogP contribution >= 0.6 is 22.9 Å². The lowest BCUT2D eigenvalue weighted by Crippen LogP contribution is -2.45. The summed E-state index contributed by atoms with van der Waals surface area (Å²) in [7, 11) is 0. The Morgan fingerprint density at radius 2 is 2.03 bits per heavy atom. The molecule has 1 fully saturated rings. The van der Waals surface area contributed by atoms with Gasteiger partial charge < -0.3 is 15.0 Å². The van der Waals surface area contributed by atoms with Gasteiger partial charge in [-0.3, -0.25) is 4.79 Å². The van der Waals surface area contributed by atoms with Gasteiger partial charge in [0.2, 0.25) is 0 Å². The van der Waals surface area contributed by atoms with Gasteiger partial charge >= 0.3 is 0 Å². The maximum atomic E-state index is 12.6. The highest BCUT2D eigenvalue weighted by molar-refractivity contribution is 7.13. The Balaban J connectivity index is 1.42. The number of ether oxygens (including phenoxy) is 1. The van der Waals surface area contributed by atoms with E-state index in [0.717, 1.165) is 29.5 Å². The van der Waals surface area contributed by atoms with E-state index in [-0.39, 0.29) is 18.1 Å². The molecule has 1 saturated heterocycles. The molecule has 1 amide bonds. The number of pyridine rings is 1. The predicted octanol–water partition coefficient (Wildman–Crippen LogP) is 4.72. The van der Waals surface area contributed by atoms with Crippen LogP contribution in [0.2, 0.25) is 5.02 Å². The van der Waals surface area contributed by atoms with E-state index in [2.05, 4.69) is 34.0 Å². The van der Waals surface area contributed by atoms with Crippen LogP contribution in [-0.4, -0.2) is 41.2 Å². The van der Waals surface area contributed by atoms with Gasteiger partial charge in [0, 0.05) is 29.1 Å². The molecule has 1 aliphatic heterocycles. The van der Waals surface area contributed by atoms with Gasteiger partial charge in [0.15, 0.2) is 0 Å². The molecule has 150 valence electrons. The number of carbonyl (C=O) groups excluding carboxylic acids is 1.